The molecule has 0 spiro atoms. The molecule has 0 unspecified atom stereocenters. The van der Waals surface area contributed by atoms with E-state index in [9.17, 15) is 35.1 Å². The number of carbonyl (C=O) groups excluding carboxylic acids is 2. The third-order valence-corrected chi connectivity index (χ3v) is 12.8. The third kappa shape index (κ3) is 6.97. The van der Waals surface area contributed by atoms with Gasteiger partial charge in [-0.3, -0.25) is 9.59 Å². The fraction of sp³-hybridized carbons (Fsp3) is 0.892. The van der Waals surface area contributed by atoms with Crippen molar-refractivity contribution in [1.29, 1.82) is 0 Å². The van der Waals surface area contributed by atoms with Crippen molar-refractivity contribution in [2.24, 2.45) is 28.6 Å². The zero-order valence-corrected chi connectivity index (χ0v) is 28.8. The standard InChI is InChI=1S/C37H62O8/c1-7-8-9-10-11-12-13-14-32(42)45-37-20-16-30(36(6,44)31(41)17-18-33(2,3)43)35(37,5)19-15-24-25(37)21-27(38)26-22-28(39)29(40)23-34(24,26)4/h21,24,26,28-31,39-41,43-44H,7-20,22-23H2,1-6H3/t24-,26-,28+,29-,30-,31+,34+,35+,36+,37+/m0/s1. The second-order valence-electron chi connectivity index (χ2n) is 16.5. The van der Waals surface area contributed by atoms with Crippen LogP contribution in [0.25, 0.3) is 0 Å². The summed E-state index contributed by atoms with van der Waals surface area (Å²) in [5.41, 5.74) is -4.17. The Bertz CT molecular complexity index is 1090. The summed E-state index contributed by atoms with van der Waals surface area (Å²) < 4.78 is 6.66. The molecule has 0 aliphatic heterocycles. The molecule has 0 heterocycles. The Hall–Kier alpha value is -1.32. The maximum atomic E-state index is 13.8. The van der Waals surface area contributed by atoms with E-state index < -0.39 is 57.8 Å². The second-order valence-corrected chi connectivity index (χ2v) is 16.5. The van der Waals surface area contributed by atoms with Gasteiger partial charge in [-0.2, -0.15) is 0 Å². The van der Waals surface area contributed by atoms with Gasteiger partial charge in [-0.25, -0.2) is 0 Å². The molecule has 0 aromatic rings. The quantitative estimate of drug-likeness (QED) is 0.124. The normalized spacial score (nSPS) is 38.4. The molecule has 3 saturated carbocycles. The number of allylic oxidation sites excluding steroid dienone is 1. The monoisotopic (exact) mass is 634 g/mol. The summed E-state index contributed by atoms with van der Waals surface area (Å²) in [4.78, 5) is 27.5. The Kier molecular flexibility index (Phi) is 11.1. The molecule has 0 aromatic carbocycles. The smallest absolute Gasteiger partial charge is 0.306 e. The number of ketones is 1. The van der Waals surface area contributed by atoms with Crippen molar-refractivity contribution in [2.75, 3.05) is 0 Å². The van der Waals surface area contributed by atoms with Gasteiger partial charge in [0.05, 0.1) is 29.5 Å². The largest absolute Gasteiger partial charge is 0.454 e. The lowest BCUT2D eigenvalue weighted by Gasteiger charge is -2.61. The van der Waals surface area contributed by atoms with Gasteiger partial charge in [0.15, 0.2) is 5.78 Å². The molecule has 3 fully saturated rings. The van der Waals surface area contributed by atoms with Gasteiger partial charge in [0.25, 0.3) is 0 Å². The highest BCUT2D eigenvalue weighted by molar-refractivity contribution is 5.95. The summed E-state index contributed by atoms with van der Waals surface area (Å²) in [6.45, 7) is 11.3. The molecule has 258 valence electrons. The minimum atomic E-state index is -1.52. The van der Waals surface area contributed by atoms with Crippen molar-refractivity contribution < 1.29 is 39.9 Å². The van der Waals surface area contributed by atoms with Gasteiger partial charge in [0.2, 0.25) is 0 Å². The number of unbranched alkanes of at least 4 members (excludes halogenated alkanes) is 6. The summed E-state index contributed by atoms with van der Waals surface area (Å²) >= 11 is 0. The topological polar surface area (TPSA) is 145 Å². The molecule has 0 bridgehead atoms. The maximum Gasteiger partial charge on any atom is 0.306 e. The van der Waals surface area contributed by atoms with Gasteiger partial charge in [-0.15, -0.1) is 0 Å². The number of hydrogen-bond acceptors (Lipinski definition) is 8. The van der Waals surface area contributed by atoms with Gasteiger partial charge < -0.3 is 30.3 Å². The van der Waals surface area contributed by atoms with Crippen LogP contribution in [0.3, 0.4) is 0 Å². The van der Waals surface area contributed by atoms with Crippen LogP contribution in [-0.4, -0.2) is 72.4 Å². The number of rotatable bonds is 14. The molecule has 0 amide bonds. The number of fused-ring (bicyclic) bond motifs is 5. The van der Waals surface area contributed by atoms with E-state index in [1.807, 2.05) is 6.92 Å². The second kappa shape index (κ2) is 13.7. The Morgan fingerprint density at radius 1 is 0.978 bits per heavy atom. The van der Waals surface area contributed by atoms with E-state index in [1.165, 1.54) is 19.3 Å². The summed E-state index contributed by atoms with van der Waals surface area (Å²) in [5, 5.41) is 54.9. The first-order valence-corrected chi connectivity index (χ1v) is 17.9. The highest BCUT2D eigenvalue weighted by Crippen LogP contribution is 2.70. The summed E-state index contributed by atoms with van der Waals surface area (Å²) in [7, 11) is 0. The van der Waals surface area contributed by atoms with E-state index in [1.54, 1.807) is 26.8 Å². The Balaban J connectivity index is 1.66. The van der Waals surface area contributed by atoms with Crippen LogP contribution >= 0.6 is 0 Å². The summed E-state index contributed by atoms with van der Waals surface area (Å²) in [5.74, 6) is -1.35. The average Bonchev–Trinajstić information content (AvgIpc) is 3.25. The number of carbonyl (C=O) groups is 2. The molecular formula is C37H62O8. The molecule has 4 aliphatic rings. The van der Waals surface area contributed by atoms with E-state index in [4.69, 9.17) is 4.74 Å². The van der Waals surface area contributed by atoms with Crippen LogP contribution in [0.2, 0.25) is 0 Å². The van der Waals surface area contributed by atoms with E-state index in [2.05, 4.69) is 13.8 Å². The van der Waals surface area contributed by atoms with Crippen molar-refractivity contribution in [1.82, 2.24) is 0 Å². The van der Waals surface area contributed by atoms with E-state index >= 15 is 0 Å². The van der Waals surface area contributed by atoms with Gasteiger partial charge in [-0.1, -0.05) is 59.3 Å². The highest BCUT2D eigenvalue weighted by Gasteiger charge is 2.71. The number of hydrogen-bond donors (Lipinski definition) is 5. The number of ether oxygens (including phenoxy) is 1. The van der Waals surface area contributed by atoms with Gasteiger partial charge in [-0.05, 0) is 107 Å². The molecule has 45 heavy (non-hydrogen) atoms. The Labute approximate surface area is 271 Å². The van der Waals surface area contributed by atoms with Gasteiger partial charge in [0, 0.05) is 17.8 Å². The highest BCUT2D eigenvalue weighted by atomic mass is 16.6. The molecule has 4 aliphatic carbocycles. The molecule has 4 rings (SSSR count). The predicted molar refractivity (Wildman–Crippen MR) is 173 cm³/mol. The van der Waals surface area contributed by atoms with E-state index in [-0.39, 0.29) is 36.9 Å². The summed E-state index contributed by atoms with van der Waals surface area (Å²) in [6.07, 6.45) is 9.87. The molecule has 0 saturated heterocycles. The van der Waals surface area contributed by atoms with Crippen LogP contribution in [0.1, 0.15) is 144 Å². The Morgan fingerprint density at radius 3 is 2.27 bits per heavy atom. The molecule has 0 radical (unpaired) electrons. The van der Waals surface area contributed by atoms with Gasteiger partial charge >= 0.3 is 5.97 Å². The van der Waals surface area contributed by atoms with Crippen LogP contribution in [0.5, 0.6) is 0 Å². The number of esters is 1. The lowest BCUT2D eigenvalue weighted by atomic mass is 9.45. The fourth-order valence-corrected chi connectivity index (χ4v) is 9.99. The molecular weight excluding hydrogens is 572 g/mol. The Morgan fingerprint density at radius 2 is 1.62 bits per heavy atom. The van der Waals surface area contributed by atoms with Crippen molar-refractivity contribution in [3.8, 4) is 0 Å². The van der Waals surface area contributed by atoms with Crippen molar-refractivity contribution in [3.63, 3.8) is 0 Å². The van der Waals surface area contributed by atoms with Crippen LogP contribution in [-0.2, 0) is 14.3 Å². The lowest BCUT2D eigenvalue weighted by molar-refractivity contribution is -0.198. The lowest BCUT2D eigenvalue weighted by Crippen LogP contribution is -2.64. The van der Waals surface area contributed by atoms with Crippen molar-refractivity contribution >= 4 is 11.8 Å². The van der Waals surface area contributed by atoms with Crippen molar-refractivity contribution in [2.45, 2.75) is 179 Å². The molecule has 8 nitrogen and oxygen atoms in total. The minimum absolute atomic E-state index is 0.0955. The van der Waals surface area contributed by atoms with Crippen LogP contribution in [0.15, 0.2) is 11.6 Å². The zero-order chi connectivity index (χ0) is 33.4. The zero-order valence-electron chi connectivity index (χ0n) is 28.8. The maximum absolute atomic E-state index is 13.8. The van der Waals surface area contributed by atoms with Crippen LogP contribution < -0.4 is 0 Å². The van der Waals surface area contributed by atoms with E-state index in [0.717, 1.165) is 31.3 Å². The SMILES string of the molecule is CCCCCCCCCC(=O)O[C@@]12CC[C@H]([C@@](C)(O)[C@H](O)CCC(C)(C)O)[C@@]1(C)CC[C@H]1C2=CC(=O)[C@@H]2C[C@@H](O)[C@@H](O)C[C@@]21C. The summed E-state index contributed by atoms with van der Waals surface area (Å²) in [6, 6.07) is 0. The number of aliphatic hydroxyl groups excluding tert-OH is 3. The van der Waals surface area contributed by atoms with Crippen LogP contribution in [0, 0.1) is 28.6 Å². The fourth-order valence-electron chi connectivity index (χ4n) is 9.99. The van der Waals surface area contributed by atoms with Crippen molar-refractivity contribution in [3.05, 3.63) is 11.6 Å². The molecule has 5 N–H and O–H groups in total. The first kappa shape index (κ1) is 36.5. The first-order chi connectivity index (χ1) is 20.9. The first-order valence-electron chi connectivity index (χ1n) is 17.9. The van der Waals surface area contributed by atoms with Gasteiger partial charge in [0.1, 0.15) is 5.60 Å². The average molecular weight is 635 g/mol. The van der Waals surface area contributed by atoms with Crippen LogP contribution in [0.4, 0.5) is 0 Å². The minimum Gasteiger partial charge on any atom is -0.454 e. The predicted octanol–water partition coefficient (Wildman–Crippen LogP) is 5.55. The molecule has 10 atom stereocenters. The third-order valence-electron chi connectivity index (χ3n) is 12.8. The molecule has 8 heteroatoms. The van der Waals surface area contributed by atoms with E-state index in [0.29, 0.717) is 38.5 Å². The number of aliphatic hydroxyl groups is 5. The molecule has 0 aromatic heterocycles.